The number of rotatable bonds is 6. The van der Waals surface area contributed by atoms with Crippen LogP contribution in [0.15, 0.2) is 48.5 Å². The monoisotopic (exact) mass is 425 g/mol. The van der Waals surface area contributed by atoms with Gasteiger partial charge in [-0.05, 0) is 60.9 Å². The Morgan fingerprint density at radius 1 is 1.13 bits per heavy atom. The molecule has 0 bridgehead atoms. The highest BCUT2D eigenvalue weighted by Gasteiger charge is 2.36. The fraction of sp³-hybridized carbons (Fsp3) is 0.440. The van der Waals surface area contributed by atoms with Gasteiger partial charge in [0, 0.05) is 19.5 Å². The molecule has 2 aromatic rings. The SMILES string of the molecule is CCOC(=O)C[C@H](c1ccc(F)cc1)C1CCN(C(=O)[C@@H]2Cc3ccccc3O2)CC1. The summed E-state index contributed by atoms with van der Waals surface area (Å²) in [5.74, 6) is 0.452. The Hall–Kier alpha value is -2.89. The lowest BCUT2D eigenvalue weighted by Crippen LogP contribution is -2.46. The fourth-order valence-corrected chi connectivity index (χ4v) is 4.71. The molecular weight excluding hydrogens is 397 g/mol. The summed E-state index contributed by atoms with van der Waals surface area (Å²) in [7, 11) is 0. The van der Waals surface area contributed by atoms with Crippen molar-refractivity contribution in [2.24, 2.45) is 5.92 Å². The number of amides is 1. The molecule has 31 heavy (non-hydrogen) atoms. The lowest BCUT2D eigenvalue weighted by molar-refractivity contribution is -0.144. The smallest absolute Gasteiger partial charge is 0.306 e. The zero-order chi connectivity index (χ0) is 21.8. The predicted molar refractivity (Wildman–Crippen MR) is 114 cm³/mol. The van der Waals surface area contributed by atoms with Crippen LogP contribution in [0, 0.1) is 11.7 Å². The third-order valence-electron chi connectivity index (χ3n) is 6.33. The van der Waals surface area contributed by atoms with Gasteiger partial charge in [0.25, 0.3) is 5.91 Å². The molecule has 2 atom stereocenters. The minimum Gasteiger partial charge on any atom is -0.480 e. The Labute approximate surface area is 182 Å². The van der Waals surface area contributed by atoms with Gasteiger partial charge in [0.15, 0.2) is 6.10 Å². The van der Waals surface area contributed by atoms with Crippen LogP contribution in [0.3, 0.4) is 0 Å². The van der Waals surface area contributed by atoms with E-state index in [9.17, 15) is 14.0 Å². The van der Waals surface area contributed by atoms with Crippen LogP contribution in [0.1, 0.15) is 43.2 Å². The minimum atomic E-state index is -0.457. The Balaban J connectivity index is 1.39. The van der Waals surface area contributed by atoms with E-state index in [0.29, 0.717) is 26.1 Å². The van der Waals surface area contributed by atoms with Crippen molar-refractivity contribution in [3.8, 4) is 5.75 Å². The number of carbonyl (C=O) groups is 2. The molecule has 0 N–H and O–H groups in total. The number of halogens is 1. The summed E-state index contributed by atoms with van der Waals surface area (Å²) in [5, 5.41) is 0. The molecule has 0 aromatic heterocycles. The number of carbonyl (C=O) groups excluding carboxylic acids is 2. The number of fused-ring (bicyclic) bond motifs is 1. The maximum absolute atomic E-state index is 13.4. The largest absolute Gasteiger partial charge is 0.480 e. The van der Waals surface area contributed by atoms with E-state index < -0.39 is 6.10 Å². The highest BCUT2D eigenvalue weighted by molar-refractivity contribution is 5.82. The second-order valence-corrected chi connectivity index (χ2v) is 8.25. The number of esters is 1. The summed E-state index contributed by atoms with van der Waals surface area (Å²) in [5.41, 5.74) is 2.01. The highest BCUT2D eigenvalue weighted by Crippen LogP contribution is 2.36. The summed E-state index contributed by atoms with van der Waals surface area (Å²) in [6, 6.07) is 14.1. The molecule has 0 unspecified atom stereocenters. The molecule has 1 fully saturated rings. The fourth-order valence-electron chi connectivity index (χ4n) is 4.71. The maximum Gasteiger partial charge on any atom is 0.306 e. The van der Waals surface area contributed by atoms with E-state index in [1.165, 1.54) is 12.1 Å². The summed E-state index contributed by atoms with van der Waals surface area (Å²) in [4.78, 5) is 27.1. The van der Waals surface area contributed by atoms with E-state index in [4.69, 9.17) is 9.47 Å². The van der Waals surface area contributed by atoms with Crippen LogP contribution >= 0.6 is 0 Å². The average molecular weight is 426 g/mol. The first-order valence-electron chi connectivity index (χ1n) is 11.0. The van der Waals surface area contributed by atoms with Crippen molar-refractivity contribution in [3.63, 3.8) is 0 Å². The number of para-hydroxylation sites is 1. The molecular formula is C25H28FNO4. The molecule has 2 heterocycles. The van der Waals surface area contributed by atoms with Crippen molar-refractivity contribution in [2.45, 2.75) is 44.6 Å². The summed E-state index contributed by atoms with van der Waals surface area (Å²) in [6.45, 7) is 3.38. The molecule has 2 aliphatic rings. The summed E-state index contributed by atoms with van der Waals surface area (Å²) in [6.07, 6.45) is 1.98. The number of hydrogen-bond donors (Lipinski definition) is 0. The first-order chi connectivity index (χ1) is 15.0. The maximum atomic E-state index is 13.4. The number of nitrogens with zero attached hydrogens (tertiary/aromatic N) is 1. The normalized spacial score (nSPS) is 19.4. The van der Waals surface area contributed by atoms with Crippen LogP contribution in [-0.2, 0) is 20.7 Å². The van der Waals surface area contributed by atoms with Crippen molar-refractivity contribution < 1.29 is 23.5 Å². The van der Waals surface area contributed by atoms with Crippen molar-refractivity contribution in [2.75, 3.05) is 19.7 Å². The van der Waals surface area contributed by atoms with Crippen LogP contribution in [0.5, 0.6) is 5.75 Å². The number of piperidine rings is 1. The van der Waals surface area contributed by atoms with E-state index in [0.717, 1.165) is 29.7 Å². The number of likely N-dealkylation sites (tertiary alicyclic amines) is 1. The molecule has 4 rings (SSSR count). The van der Waals surface area contributed by atoms with Gasteiger partial charge in [0.05, 0.1) is 13.0 Å². The Morgan fingerprint density at radius 2 is 1.84 bits per heavy atom. The molecule has 5 nitrogen and oxygen atoms in total. The van der Waals surface area contributed by atoms with Gasteiger partial charge in [-0.25, -0.2) is 4.39 Å². The molecule has 2 aromatic carbocycles. The van der Waals surface area contributed by atoms with Gasteiger partial charge in [0.1, 0.15) is 11.6 Å². The topological polar surface area (TPSA) is 55.8 Å². The standard InChI is InChI=1S/C25H28FNO4/c1-2-30-24(28)16-21(17-7-9-20(26)10-8-17)18-11-13-27(14-12-18)25(29)23-15-19-5-3-4-6-22(19)31-23/h3-10,18,21,23H,2,11-16H2,1H3/t21-,23+/m1/s1. The Bertz CT molecular complexity index is 896. The number of ether oxygens (including phenoxy) is 2. The van der Waals surface area contributed by atoms with Crippen LogP contribution in [-0.4, -0.2) is 42.6 Å². The minimum absolute atomic E-state index is 0.0263. The van der Waals surface area contributed by atoms with Crippen LogP contribution in [0.2, 0.25) is 0 Å². The van der Waals surface area contributed by atoms with E-state index in [1.54, 1.807) is 19.1 Å². The van der Waals surface area contributed by atoms with Gasteiger partial charge >= 0.3 is 5.97 Å². The predicted octanol–water partition coefficient (Wildman–Crippen LogP) is 4.10. The zero-order valence-electron chi connectivity index (χ0n) is 17.8. The van der Waals surface area contributed by atoms with Gasteiger partial charge in [-0.2, -0.15) is 0 Å². The highest BCUT2D eigenvalue weighted by atomic mass is 19.1. The Morgan fingerprint density at radius 3 is 2.52 bits per heavy atom. The molecule has 0 saturated carbocycles. The van der Waals surface area contributed by atoms with Crippen molar-refractivity contribution in [1.82, 2.24) is 4.90 Å². The molecule has 2 aliphatic heterocycles. The number of hydrogen-bond acceptors (Lipinski definition) is 4. The average Bonchev–Trinajstić information content (AvgIpc) is 3.22. The van der Waals surface area contributed by atoms with Crippen LogP contribution < -0.4 is 4.74 Å². The van der Waals surface area contributed by atoms with Gasteiger partial charge in [-0.1, -0.05) is 30.3 Å². The summed E-state index contributed by atoms with van der Waals surface area (Å²) >= 11 is 0. The van der Waals surface area contributed by atoms with E-state index in [-0.39, 0.29) is 36.0 Å². The first kappa shape index (κ1) is 21.3. The third kappa shape index (κ3) is 4.89. The van der Waals surface area contributed by atoms with Crippen LogP contribution in [0.4, 0.5) is 4.39 Å². The zero-order valence-corrected chi connectivity index (χ0v) is 17.8. The lowest BCUT2D eigenvalue weighted by atomic mass is 9.78. The third-order valence-corrected chi connectivity index (χ3v) is 6.33. The molecule has 164 valence electrons. The molecule has 0 radical (unpaired) electrons. The van der Waals surface area contributed by atoms with Crippen molar-refractivity contribution in [1.29, 1.82) is 0 Å². The molecule has 0 aliphatic carbocycles. The molecule has 1 saturated heterocycles. The van der Waals surface area contributed by atoms with Gasteiger partial charge in [-0.15, -0.1) is 0 Å². The van der Waals surface area contributed by atoms with Crippen LogP contribution in [0.25, 0.3) is 0 Å². The quantitative estimate of drug-likeness (QED) is 0.654. The molecule has 0 spiro atoms. The summed E-state index contributed by atoms with van der Waals surface area (Å²) < 4.78 is 24.5. The second-order valence-electron chi connectivity index (χ2n) is 8.25. The molecule has 6 heteroatoms. The Kier molecular flexibility index (Phi) is 6.54. The van der Waals surface area contributed by atoms with Gasteiger partial charge in [0.2, 0.25) is 0 Å². The van der Waals surface area contributed by atoms with E-state index in [1.807, 2.05) is 29.2 Å². The van der Waals surface area contributed by atoms with Crippen molar-refractivity contribution in [3.05, 3.63) is 65.5 Å². The first-order valence-corrected chi connectivity index (χ1v) is 11.0. The van der Waals surface area contributed by atoms with Gasteiger partial charge < -0.3 is 14.4 Å². The number of benzene rings is 2. The van der Waals surface area contributed by atoms with Gasteiger partial charge in [-0.3, -0.25) is 9.59 Å². The van der Waals surface area contributed by atoms with E-state index in [2.05, 4.69) is 0 Å². The van der Waals surface area contributed by atoms with E-state index >= 15 is 0 Å². The molecule has 1 amide bonds. The lowest BCUT2D eigenvalue weighted by Gasteiger charge is -2.37. The van der Waals surface area contributed by atoms with Crippen molar-refractivity contribution >= 4 is 11.9 Å². The second kappa shape index (κ2) is 9.50.